The van der Waals surface area contributed by atoms with E-state index in [0.717, 1.165) is 17.0 Å². The number of anilines is 1. The Morgan fingerprint density at radius 1 is 1.30 bits per heavy atom. The van der Waals surface area contributed by atoms with Gasteiger partial charge in [0, 0.05) is 29.8 Å². The first kappa shape index (κ1) is 18.6. The summed E-state index contributed by atoms with van der Waals surface area (Å²) in [5, 5.41) is 11.1. The van der Waals surface area contributed by atoms with Crippen molar-refractivity contribution in [2.45, 2.75) is 47.0 Å². The molecule has 0 fully saturated rings. The molecule has 3 rings (SSSR count). The fourth-order valence-corrected chi connectivity index (χ4v) is 2.83. The van der Waals surface area contributed by atoms with Crippen molar-refractivity contribution >= 4 is 11.7 Å². The average molecular weight is 370 g/mol. The van der Waals surface area contributed by atoms with E-state index < -0.39 is 0 Å². The number of carbonyl (C=O) groups excluding carboxylic acids is 1. The van der Waals surface area contributed by atoms with Crippen molar-refractivity contribution in [2.75, 3.05) is 5.32 Å². The Morgan fingerprint density at radius 2 is 2.07 bits per heavy atom. The highest BCUT2D eigenvalue weighted by Gasteiger charge is 2.15. The minimum Gasteiger partial charge on any atom is -0.361 e. The van der Waals surface area contributed by atoms with Crippen molar-refractivity contribution in [3.8, 4) is 5.95 Å². The molecule has 3 aromatic heterocycles. The number of carbonyl (C=O) groups is 1. The van der Waals surface area contributed by atoms with E-state index in [1.165, 1.54) is 10.7 Å². The summed E-state index contributed by atoms with van der Waals surface area (Å²) < 4.78 is 6.56. The van der Waals surface area contributed by atoms with Crippen LogP contribution in [0.2, 0.25) is 0 Å². The largest absolute Gasteiger partial charge is 0.361 e. The lowest BCUT2D eigenvalue weighted by atomic mass is 10.1. The van der Waals surface area contributed by atoms with Crippen LogP contribution < -0.4 is 10.9 Å². The SMILES string of the molecule is CCc1cc(=O)[nH]c(-n2nc(C)cc2NC(=O)CCc2c(C)noc2C)n1. The van der Waals surface area contributed by atoms with Gasteiger partial charge in [0.2, 0.25) is 11.9 Å². The number of H-pyrrole nitrogens is 1. The molecule has 0 aliphatic carbocycles. The zero-order valence-corrected chi connectivity index (χ0v) is 15.8. The van der Waals surface area contributed by atoms with Gasteiger partial charge < -0.3 is 9.84 Å². The predicted molar refractivity (Wildman–Crippen MR) is 99.0 cm³/mol. The van der Waals surface area contributed by atoms with E-state index >= 15 is 0 Å². The first-order valence-corrected chi connectivity index (χ1v) is 8.76. The topological polar surface area (TPSA) is 119 Å². The predicted octanol–water partition coefficient (Wildman–Crippen LogP) is 2.00. The van der Waals surface area contributed by atoms with Crippen LogP contribution in [0, 0.1) is 20.8 Å². The molecule has 0 saturated heterocycles. The molecule has 3 aromatic rings. The molecule has 9 heteroatoms. The van der Waals surface area contributed by atoms with Gasteiger partial charge in [0.15, 0.2) is 0 Å². The molecule has 0 unspecified atom stereocenters. The second-order valence-electron chi connectivity index (χ2n) is 6.35. The van der Waals surface area contributed by atoms with Gasteiger partial charge in [-0.15, -0.1) is 0 Å². The lowest BCUT2D eigenvalue weighted by Gasteiger charge is -2.09. The molecule has 3 heterocycles. The third-order valence-electron chi connectivity index (χ3n) is 4.23. The Kier molecular flexibility index (Phi) is 5.20. The van der Waals surface area contributed by atoms with Gasteiger partial charge in [-0.2, -0.15) is 9.78 Å². The van der Waals surface area contributed by atoms with Crippen LogP contribution in [0.5, 0.6) is 0 Å². The molecular weight excluding hydrogens is 348 g/mol. The van der Waals surface area contributed by atoms with Crippen LogP contribution in [-0.2, 0) is 17.6 Å². The van der Waals surface area contributed by atoms with Gasteiger partial charge in [-0.25, -0.2) is 4.98 Å². The Hall–Kier alpha value is -3.23. The van der Waals surface area contributed by atoms with Crippen LogP contribution in [-0.4, -0.2) is 30.8 Å². The first-order chi connectivity index (χ1) is 12.9. The number of aromatic amines is 1. The Bertz CT molecular complexity index is 1010. The van der Waals surface area contributed by atoms with Gasteiger partial charge in [-0.3, -0.25) is 14.6 Å². The summed E-state index contributed by atoms with van der Waals surface area (Å²) in [4.78, 5) is 31.3. The smallest absolute Gasteiger partial charge is 0.252 e. The molecule has 0 spiro atoms. The Labute approximate surface area is 155 Å². The molecule has 0 aliphatic rings. The number of nitrogens with one attached hydrogen (secondary N) is 2. The van der Waals surface area contributed by atoms with Crippen molar-refractivity contribution in [1.29, 1.82) is 0 Å². The molecule has 0 saturated carbocycles. The minimum atomic E-state index is -0.263. The van der Waals surface area contributed by atoms with E-state index in [9.17, 15) is 9.59 Å². The van der Waals surface area contributed by atoms with Gasteiger partial charge in [-0.1, -0.05) is 12.1 Å². The average Bonchev–Trinajstić information content (AvgIpc) is 3.14. The van der Waals surface area contributed by atoms with Crippen LogP contribution >= 0.6 is 0 Å². The number of hydrogen-bond donors (Lipinski definition) is 2. The molecule has 0 bridgehead atoms. The van der Waals surface area contributed by atoms with Crippen LogP contribution in [0.25, 0.3) is 5.95 Å². The highest BCUT2D eigenvalue weighted by atomic mass is 16.5. The normalized spacial score (nSPS) is 11.0. The maximum atomic E-state index is 12.4. The van der Waals surface area contributed by atoms with Gasteiger partial charge in [0.1, 0.15) is 11.6 Å². The van der Waals surface area contributed by atoms with E-state index in [-0.39, 0.29) is 23.8 Å². The number of rotatable bonds is 6. The molecule has 0 aromatic carbocycles. The molecule has 1 amide bonds. The summed E-state index contributed by atoms with van der Waals surface area (Å²) >= 11 is 0. The second-order valence-corrected chi connectivity index (χ2v) is 6.35. The van der Waals surface area contributed by atoms with Crippen LogP contribution in [0.3, 0.4) is 0 Å². The van der Waals surface area contributed by atoms with E-state index in [1.54, 1.807) is 13.0 Å². The maximum absolute atomic E-state index is 12.4. The number of aromatic nitrogens is 5. The van der Waals surface area contributed by atoms with Gasteiger partial charge in [0.05, 0.1) is 11.4 Å². The summed E-state index contributed by atoms with van der Waals surface area (Å²) in [5.41, 5.74) is 2.81. The van der Waals surface area contributed by atoms with E-state index in [2.05, 4.69) is 25.5 Å². The third kappa shape index (κ3) is 4.13. The van der Waals surface area contributed by atoms with Crippen molar-refractivity contribution in [1.82, 2.24) is 24.9 Å². The molecule has 2 N–H and O–H groups in total. The molecule has 0 aliphatic heterocycles. The number of nitrogens with zero attached hydrogens (tertiary/aromatic N) is 4. The quantitative estimate of drug-likeness (QED) is 0.685. The van der Waals surface area contributed by atoms with Crippen LogP contribution in [0.1, 0.15) is 41.8 Å². The molecule has 142 valence electrons. The van der Waals surface area contributed by atoms with Gasteiger partial charge in [0.25, 0.3) is 5.56 Å². The number of aryl methyl sites for hydroxylation is 4. The summed E-state index contributed by atoms with van der Waals surface area (Å²) in [5.74, 6) is 1.27. The fourth-order valence-electron chi connectivity index (χ4n) is 2.83. The molecular formula is C18H22N6O3. The minimum absolute atomic E-state index is 0.176. The first-order valence-electron chi connectivity index (χ1n) is 8.76. The number of amides is 1. The zero-order chi connectivity index (χ0) is 19.6. The Balaban J connectivity index is 1.79. The fraction of sp³-hybridized carbons (Fsp3) is 0.389. The standard InChI is InChI=1S/C18H22N6O3/c1-5-13-9-17(26)21-18(19-13)24-15(8-10(2)22-24)20-16(25)7-6-14-11(3)23-27-12(14)4/h8-9H,5-7H2,1-4H3,(H,20,25)(H,19,21,26). The summed E-state index contributed by atoms with van der Waals surface area (Å²) in [6, 6.07) is 3.17. The van der Waals surface area contributed by atoms with Crippen LogP contribution in [0.4, 0.5) is 5.82 Å². The van der Waals surface area contributed by atoms with Crippen molar-refractivity contribution in [3.63, 3.8) is 0 Å². The van der Waals surface area contributed by atoms with Crippen molar-refractivity contribution in [3.05, 3.63) is 50.9 Å². The molecule has 27 heavy (non-hydrogen) atoms. The number of hydrogen-bond acceptors (Lipinski definition) is 6. The van der Waals surface area contributed by atoms with Crippen molar-refractivity contribution in [2.24, 2.45) is 0 Å². The van der Waals surface area contributed by atoms with E-state index in [0.29, 0.717) is 30.0 Å². The lowest BCUT2D eigenvalue weighted by molar-refractivity contribution is -0.116. The van der Waals surface area contributed by atoms with Crippen LogP contribution in [0.15, 0.2) is 21.5 Å². The lowest BCUT2D eigenvalue weighted by Crippen LogP contribution is -2.19. The third-order valence-corrected chi connectivity index (χ3v) is 4.23. The maximum Gasteiger partial charge on any atom is 0.252 e. The highest BCUT2D eigenvalue weighted by Crippen LogP contribution is 2.17. The molecule has 0 atom stereocenters. The zero-order valence-electron chi connectivity index (χ0n) is 15.8. The monoisotopic (exact) mass is 370 g/mol. The Morgan fingerprint density at radius 3 is 2.74 bits per heavy atom. The summed E-state index contributed by atoms with van der Waals surface area (Å²) in [6.07, 6.45) is 1.42. The van der Waals surface area contributed by atoms with Gasteiger partial charge >= 0.3 is 0 Å². The van der Waals surface area contributed by atoms with Crippen molar-refractivity contribution < 1.29 is 9.32 Å². The molecule has 0 radical (unpaired) electrons. The van der Waals surface area contributed by atoms with E-state index in [4.69, 9.17) is 4.52 Å². The highest BCUT2D eigenvalue weighted by molar-refractivity contribution is 5.90. The second kappa shape index (κ2) is 7.56. The van der Waals surface area contributed by atoms with E-state index in [1.807, 2.05) is 20.8 Å². The molecule has 9 nitrogen and oxygen atoms in total. The van der Waals surface area contributed by atoms with Gasteiger partial charge in [-0.05, 0) is 33.6 Å². The summed E-state index contributed by atoms with van der Waals surface area (Å²) in [7, 11) is 0. The summed E-state index contributed by atoms with van der Waals surface area (Å²) in [6.45, 7) is 7.40.